The van der Waals surface area contributed by atoms with Crippen molar-refractivity contribution in [3.63, 3.8) is 0 Å². The number of ether oxygens (including phenoxy) is 2. The first-order chi connectivity index (χ1) is 10.2. The average molecular weight is 284 g/mol. The van der Waals surface area contributed by atoms with E-state index in [1.54, 1.807) is 14.0 Å². The Morgan fingerprint density at radius 1 is 1.05 bits per heavy atom. The molecule has 0 aliphatic rings. The fraction of sp³-hybridized carbons (Fsp3) is 0.278. The lowest BCUT2D eigenvalue weighted by Crippen LogP contribution is -2.08. The van der Waals surface area contributed by atoms with Crippen LogP contribution in [0.3, 0.4) is 0 Å². The van der Waals surface area contributed by atoms with Gasteiger partial charge in [-0.25, -0.2) is 0 Å². The molecule has 0 saturated carbocycles. The minimum Gasteiger partial charge on any atom is -0.497 e. The Kier molecular flexibility index (Phi) is 5.52. The van der Waals surface area contributed by atoms with E-state index in [0.29, 0.717) is 13.0 Å². The molecule has 1 atom stereocenters. The predicted molar refractivity (Wildman–Crippen MR) is 82.3 cm³/mol. The summed E-state index contributed by atoms with van der Waals surface area (Å²) in [7, 11) is 1.64. The van der Waals surface area contributed by atoms with Crippen LogP contribution in [0, 0.1) is 0 Å². The fourth-order valence-corrected chi connectivity index (χ4v) is 2.12. The zero-order chi connectivity index (χ0) is 15.1. The lowest BCUT2D eigenvalue weighted by Gasteiger charge is -2.17. The van der Waals surface area contributed by atoms with Crippen molar-refractivity contribution in [2.75, 3.05) is 7.11 Å². The monoisotopic (exact) mass is 284 g/mol. The summed E-state index contributed by atoms with van der Waals surface area (Å²) in [5.41, 5.74) is 2.08. The van der Waals surface area contributed by atoms with Gasteiger partial charge in [0.1, 0.15) is 11.5 Å². The maximum atomic E-state index is 11.4. The van der Waals surface area contributed by atoms with E-state index in [1.165, 1.54) is 0 Å². The Labute approximate surface area is 125 Å². The van der Waals surface area contributed by atoms with Crippen LogP contribution >= 0.6 is 0 Å². The van der Waals surface area contributed by atoms with Gasteiger partial charge < -0.3 is 9.47 Å². The summed E-state index contributed by atoms with van der Waals surface area (Å²) in [4.78, 5) is 11.4. The SMILES string of the molecule is COc1ccc(CO[C@@H](CC(C)=O)c2ccccc2)cc1. The van der Waals surface area contributed by atoms with Gasteiger partial charge in [0.2, 0.25) is 0 Å². The van der Waals surface area contributed by atoms with Gasteiger partial charge in [-0.2, -0.15) is 0 Å². The fourth-order valence-electron chi connectivity index (χ4n) is 2.12. The third kappa shape index (κ3) is 4.72. The molecule has 0 radical (unpaired) electrons. The Bertz CT molecular complexity index is 561. The van der Waals surface area contributed by atoms with Crippen LogP contribution in [0.2, 0.25) is 0 Å². The second kappa shape index (κ2) is 7.60. The van der Waals surface area contributed by atoms with Crippen LogP contribution in [-0.4, -0.2) is 12.9 Å². The highest BCUT2D eigenvalue weighted by Gasteiger charge is 2.14. The van der Waals surface area contributed by atoms with Crippen molar-refractivity contribution in [2.45, 2.75) is 26.1 Å². The largest absolute Gasteiger partial charge is 0.497 e. The standard InChI is InChI=1S/C18H20O3/c1-14(19)12-18(16-6-4-3-5-7-16)21-13-15-8-10-17(20-2)11-9-15/h3-11,18H,12-13H2,1-2H3/t18-/m0/s1. The second-order valence-electron chi connectivity index (χ2n) is 4.96. The van der Waals surface area contributed by atoms with Gasteiger partial charge in [0.15, 0.2) is 0 Å². The van der Waals surface area contributed by atoms with E-state index < -0.39 is 0 Å². The molecule has 21 heavy (non-hydrogen) atoms. The van der Waals surface area contributed by atoms with E-state index in [-0.39, 0.29) is 11.9 Å². The summed E-state index contributed by atoms with van der Waals surface area (Å²) >= 11 is 0. The van der Waals surface area contributed by atoms with Gasteiger partial charge in [-0.15, -0.1) is 0 Å². The Balaban J connectivity index is 2.03. The van der Waals surface area contributed by atoms with Crippen LogP contribution in [0.1, 0.15) is 30.6 Å². The molecule has 0 aliphatic carbocycles. The molecule has 0 bridgehead atoms. The van der Waals surface area contributed by atoms with Gasteiger partial charge >= 0.3 is 0 Å². The number of ketones is 1. The molecule has 0 fully saturated rings. The number of hydrogen-bond donors (Lipinski definition) is 0. The molecule has 0 heterocycles. The summed E-state index contributed by atoms with van der Waals surface area (Å²) in [6, 6.07) is 17.6. The lowest BCUT2D eigenvalue weighted by molar-refractivity contribution is -0.120. The molecular formula is C18H20O3. The van der Waals surface area contributed by atoms with E-state index in [1.807, 2.05) is 54.6 Å². The molecule has 2 aromatic carbocycles. The van der Waals surface area contributed by atoms with Crippen LogP contribution in [0.4, 0.5) is 0 Å². The molecule has 0 aliphatic heterocycles. The molecule has 110 valence electrons. The van der Waals surface area contributed by atoms with Crippen molar-refractivity contribution in [1.29, 1.82) is 0 Å². The molecule has 0 N–H and O–H groups in total. The molecule has 3 heteroatoms. The molecule has 2 rings (SSSR count). The number of methoxy groups -OCH3 is 1. The van der Waals surface area contributed by atoms with Crippen LogP contribution < -0.4 is 4.74 Å². The zero-order valence-electron chi connectivity index (χ0n) is 12.4. The Morgan fingerprint density at radius 2 is 1.71 bits per heavy atom. The predicted octanol–water partition coefficient (Wildman–Crippen LogP) is 3.93. The van der Waals surface area contributed by atoms with Gasteiger partial charge in [0.25, 0.3) is 0 Å². The average Bonchev–Trinajstić information content (AvgIpc) is 2.52. The van der Waals surface area contributed by atoms with Crippen LogP contribution in [0.15, 0.2) is 54.6 Å². The van der Waals surface area contributed by atoms with E-state index in [0.717, 1.165) is 16.9 Å². The summed E-state index contributed by atoms with van der Waals surface area (Å²) in [6.07, 6.45) is 0.186. The van der Waals surface area contributed by atoms with Crippen molar-refractivity contribution in [3.05, 3.63) is 65.7 Å². The smallest absolute Gasteiger partial charge is 0.132 e. The number of carbonyl (C=O) groups is 1. The van der Waals surface area contributed by atoms with Crippen LogP contribution in [0.25, 0.3) is 0 Å². The van der Waals surface area contributed by atoms with Crippen molar-refractivity contribution < 1.29 is 14.3 Å². The molecule has 0 unspecified atom stereocenters. The highest BCUT2D eigenvalue weighted by atomic mass is 16.5. The van der Waals surface area contributed by atoms with Gasteiger partial charge in [-0.3, -0.25) is 4.79 Å². The maximum Gasteiger partial charge on any atom is 0.132 e. The highest BCUT2D eigenvalue weighted by Crippen LogP contribution is 2.23. The minimum atomic E-state index is -0.203. The Hall–Kier alpha value is -2.13. The van der Waals surface area contributed by atoms with E-state index >= 15 is 0 Å². The molecule has 0 saturated heterocycles. The lowest BCUT2D eigenvalue weighted by atomic mass is 10.0. The number of benzene rings is 2. The molecule has 2 aromatic rings. The van der Waals surface area contributed by atoms with Gasteiger partial charge in [-0.1, -0.05) is 42.5 Å². The third-order valence-electron chi connectivity index (χ3n) is 3.25. The van der Waals surface area contributed by atoms with E-state index in [9.17, 15) is 4.79 Å². The molecule has 0 spiro atoms. The second-order valence-corrected chi connectivity index (χ2v) is 4.96. The molecular weight excluding hydrogens is 264 g/mol. The summed E-state index contributed by atoms with van der Waals surface area (Å²) < 4.78 is 11.1. The van der Waals surface area contributed by atoms with Crippen molar-refractivity contribution >= 4 is 5.78 Å². The number of hydrogen-bond acceptors (Lipinski definition) is 3. The topological polar surface area (TPSA) is 35.5 Å². The highest BCUT2D eigenvalue weighted by molar-refractivity contribution is 5.76. The summed E-state index contributed by atoms with van der Waals surface area (Å²) in [6.45, 7) is 2.06. The maximum absolute atomic E-state index is 11.4. The summed E-state index contributed by atoms with van der Waals surface area (Å²) in [5.74, 6) is 0.945. The minimum absolute atomic E-state index is 0.124. The first-order valence-corrected chi connectivity index (χ1v) is 6.98. The number of carbonyl (C=O) groups excluding carboxylic acids is 1. The van der Waals surface area contributed by atoms with Gasteiger partial charge in [-0.05, 0) is 30.2 Å². The van der Waals surface area contributed by atoms with Crippen LogP contribution in [-0.2, 0) is 16.1 Å². The van der Waals surface area contributed by atoms with Crippen LogP contribution in [0.5, 0.6) is 5.75 Å². The van der Waals surface area contributed by atoms with E-state index in [2.05, 4.69) is 0 Å². The van der Waals surface area contributed by atoms with Crippen molar-refractivity contribution in [3.8, 4) is 5.75 Å². The third-order valence-corrected chi connectivity index (χ3v) is 3.25. The quantitative estimate of drug-likeness (QED) is 0.772. The molecule has 3 nitrogen and oxygen atoms in total. The van der Waals surface area contributed by atoms with Gasteiger partial charge in [0.05, 0.1) is 19.8 Å². The van der Waals surface area contributed by atoms with E-state index in [4.69, 9.17) is 9.47 Å². The first kappa shape index (κ1) is 15.3. The normalized spacial score (nSPS) is 11.9. The first-order valence-electron chi connectivity index (χ1n) is 6.98. The number of rotatable bonds is 7. The Morgan fingerprint density at radius 3 is 2.29 bits per heavy atom. The molecule has 0 aromatic heterocycles. The number of Topliss-reactive ketones (excluding diaryl/α,β-unsaturated/α-hetero) is 1. The molecule has 0 amide bonds. The summed E-state index contributed by atoms with van der Waals surface area (Å²) in [5, 5.41) is 0. The van der Waals surface area contributed by atoms with Crippen molar-refractivity contribution in [2.24, 2.45) is 0 Å². The van der Waals surface area contributed by atoms with Gasteiger partial charge in [0, 0.05) is 6.42 Å². The zero-order valence-corrected chi connectivity index (χ0v) is 12.4. The van der Waals surface area contributed by atoms with Crippen molar-refractivity contribution in [1.82, 2.24) is 0 Å².